The normalized spacial score (nSPS) is 17.3. The largest absolute Gasteiger partial charge is 0.309 e. The number of aromatic nitrogens is 2. The molecule has 0 saturated carbocycles. The molecule has 1 saturated heterocycles. The number of H-pyrrole nitrogens is 1. The Kier molecular flexibility index (Phi) is 5.87. The highest BCUT2D eigenvalue weighted by atomic mass is 35.5. The van der Waals surface area contributed by atoms with Crippen LogP contribution in [0.5, 0.6) is 0 Å². The third kappa shape index (κ3) is 3.86. The van der Waals surface area contributed by atoms with E-state index in [1.54, 1.807) is 24.3 Å². The van der Waals surface area contributed by atoms with Crippen molar-refractivity contribution in [1.29, 1.82) is 0 Å². The van der Waals surface area contributed by atoms with Gasteiger partial charge in [-0.2, -0.15) is 4.31 Å². The van der Waals surface area contributed by atoms with E-state index in [1.807, 2.05) is 13.0 Å². The molecule has 1 aliphatic rings. The second kappa shape index (κ2) is 8.28. The predicted molar refractivity (Wildman–Crippen MR) is 118 cm³/mol. The molecule has 0 radical (unpaired) electrons. The van der Waals surface area contributed by atoms with Crippen LogP contribution in [-0.2, 0) is 10.0 Å². The molecule has 158 valence electrons. The lowest BCUT2D eigenvalue weighted by atomic mass is 10.2. The van der Waals surface area contributed by atoms with E-state index < -0.39 is 10.0 Å². The molecule has 1 unspecified atom stereocenters. The van der Waals surface area contributed by atoms with Crippen molar-refractivity contribution in [1.82, 2.24) is 19.2 Å². The summed E-state index contributed by atoms with van der Waals surface area (Å²) in [6, 6.07) is 11.6. The number of halogens is 2. The summed E-state index contributed by atoms with van der Waals surface area (Å²) in [4.78, 5) is 21.8. The first-order valence-corrected chi connectivity index (χ1v) is 11.7. The van der Waals surface area contributed by atoms with E-state index >= 15 is 0 Å². The Morgan fingerprint density at radius 2 is 1.63 bits per heavy atom. The van der Waals surface area contributed by atoms with Gasteiger partial charge in [0.05, 0.1) is 27.0 Å². The standard InChI is InChI=1S/C20H20Cl2N4O3S/c1-13(19-23-17-8-3-2-5-14(17)20(27)24-19)25-9-11-26(12-10-25)30(28,29)18-15(21)6-4-7-16(18)22/h2-8,13H,9-12H2,1H3,(H,23,24,27). The lowest BCUT2D eigenvalue weighted by Crippen LogP contribution is -2.49. The first-order valence-electron chi connectivity index (χ1n) is 9.46. The monoisotopic (exact) mass is 466 g/mol. The number of aromatic amines is 1. The molecule has 3 aromatic rings. The first-order chi connectivity index (χ1) is 14.3. The molecule has 0 spiro atoms. The number of rotatable bonds is 4. The van der Waals surface area contributed by atoms with E-state index in [9.17, 15) is 13.2 Å². The van der Waals surface area contributed by atoms with Gasteiger partial charge in [0, 0.05) is 26.2 Å². The minimum atomic E-state index is -3.80. The van der Waals surface area contributed by atoms with Gasteiger partial charge in [-0.1, -0.05) is 41.4 Å². The van der Waals surface area contributed by atoms with Gasteiger partial charge in [0.25, 0.3) is 5.56 Å². The average Bonchev–Trinajstić information content (AvgIpc) is 2.73. The Morgan fingerprint density at radius 3 is 2.30 bits per heavy atom. The number of hydrogen-bond donors (Lipinski definition) is 1. The topological polar surface area (TPSA) is 86.4 Å². The van der Waals surface area contributed by atoms with Crippen molar-refractivity contribution in [3.8, 4) is 0 Å². The molecule has 7 nitrogen and oxygen atoms in total. The summed E-state index contributed by atoms with van der Waals surface area (Å²) >= 11 is 12.2. The summed E-state index contributed by atoms with van der Waals surface area (Å²) in [6.07, 6.45) is 0. The van der Waals surface area contributed by atoms with Gasteiger partial charge in [-0.3, -0.25) is 9.69 Å². The highest BCUT2D eigenvalue weighted by Crippen LogP contribution is 2.32. The van der Waals surface area contributed by atoms with Crippen LogP contribution in [0.1, 0.15) is 18.8 Å². The number of fused-ring (bicyclic) bond motifs is 1. The molecular weight excluding hydrogens is 447 g/mol. The van der Waals surface area contributed by atoms with E-state index in [2.05, 4.69) is 14.9 Å². The SMILES string of the molecule is CC(c1nc2ccccc2c(=O)[nH]1)N1CCN(S(=O)(=O)c2c(Cl)cccc2Cl)CC1. The van der Waals surface area contributed by atoms with Crippen LogP contribution in [0.3, 0.4) is 0 Å². The zero-order valence-corrected chi connectivity index (χ0v) is 18.5. The van der Waals surface area contributed by atoms with Gasteiger partial charge in [-0.15, -0.1) is 0 Å². The van der Waals surface area contributed by atoms with E-state index in [0.29, 0.717) is 29.8 Å². The Morgan fingerprint density at radius 1 is 1.00 bits per heavy atom. The molecule has 1 aliphatic heterocycles. The number of piperazine rings is 1. The second-order valence-corrected chi connectivity index (χ2v) is 9.82. The van der Waals surface area contributed by atoms with Crippen LogP contribution >= 0.6 is 23.2 Å². The predicted octanol–water partition coefficient (Wildman–Crippen LogP) is 3.30. The molecule has 30 heavy (non-hydrogen) atoms. The molecule has 1 N–H and O–H groups in total. The van der Waals surface area contributed by atoms with E-state index in [1.165, 1.54) is 16.4 Å². The third-order valence-electron chi connectivity index (χ3n) is 5.36. The molecule has 4 rings (SSSR count). The zero-order chi connectivity index (χ0) is 21.5. The fourth-order valence-corrected chi connectivity index (χ4v) is 6.18. The van der Waals surface area contributed by atoms with E-state index in [-0.39, 0.29) is 39.6 Å². The van der Waals surface area contributed by atoms with Crippen LogP contribution in [0.25, 0.3) is 10.9 Å². The Labute approximate surface area is 184 Å². The van der Waals surface area contributed by atoms with Crippen LogP contribution in [0.2, 0.25) is 10.0 Å². The summed E-state index contributed by atoms with van der Waals surface area (Å²) in [6.45, 7) is 3.48. The molecule has 0 aliphatic carbocycles. The highest BCUT2D eigenvalue weighted by Gasteiger charge is 2.33. The number of nitrogens with zero attached hydrogens (tertiary/aromatic N) is 3. The van der Waals surface area contributed by atoms with Gasteiger partial charge in [-0.25, -0.2) is 13.4 Å². The highest BCUT2D eigenvalue weighted by molar-refractivity contribution is 7.89. The first kappa shape index (κ1) is 21.3. The van der Waals surface area contributed by atoms with Gasteiger partial charge in [0.2, 0.25) is 10.0 Å². The molecule has 0 amide bonds. The molecule has 1 fully saturated rings. The Hall–Kier alpha value is -1.97. The van der Waals surface area contributed by atoms with Crippen molar-refractivity contribution in [2.45, 2.75) is 17.9 Å². The second-order valence-electron chi connectivity index (χ2n) is 7.14. The summed E-state index contributed by atoms with van der Waals surface area (Å²) in [7, 11) is -3.80. The Balaban J connectivity index is 1.53. The Bertz CT molecular complexity index is 1230. The van der Waals surface area contributed by atoms with Crippen molar-refractivity contribution < 1.29 is 8.42 Å². The van der Waals surface area contributed by atoms with E-state index in [4.69, 9.17) is 23.2 Å². The van der Waals surface area contributed by atoms with Crippen LogP contribution in [0, 0.1) is 0 Å². The van der Waals surface area contributed by atoms with Crippen LogP contribution < -0.4 is 5.56 Å². The van der Waals surface area contributed by atoms with Crippen molar-refractivity contribution in [2.75, 3.05) is 26.2 Å². The van der Waals surface area contributed by atoms with Crippen LogP contribution in [0.4, 0.5) is 0 Å². The van der Waals surface area contributed by atoms with Crippen LogP contribution in [-0.4, -0.2) is 53.8 Å². The molecule has 1 aromatic heterocycles. The number of hydrogen-bond acceptors (Lipinski definition) is 5. The molecule has 2 heterocycles. The number of sulfonamides is 1. The molecule has 2 aromatic carbocycles. The van der Waals surface area contributed by atoms with Crippen LogP contribution in [0.15, 0.2) is 52.2 Å². The summed E-state index contributed by atoms with van der Waals surface area (Å²) in [5.41, 5.74) is 0.453. The smallest absolute Gasteiger partial charge is 0.258 e. The van der Waals surface area contributed by atoms with Gasteiger partial charge < -0.3 is 4.98 Å². The lowest BCUT2D eigenvalue weighted by molar-refractivity contribution is 0.141. The van der Waals surface area contributed by atoms with Gasteiger partial charge >= 0.3 is 0 Å². The van der Waals surface area contributed by atoms with E-state index in [0.717, 1.165) is 0 Å². The summed E-state index contributed by atoms with van der Waals surface area (Å²) < 4.78 is 27.5. The minimum Gasteiger partial charge on any atom is -0.309 e. The minimum absolute atomic E-state index is 0.0599. The lowest BCUT2D eigenvalue weighted by Gasteiger charge is -2.37. The van der Waals surface area contributed by atoms with Crippen molar-refractivity contribution in [3.05, 3.63) is 68.7 Å². The van der Waals surface area contributed by atoms with Crippen molar-refractivity contribution in [2.24, 2.45) is 0 Å². The maximum absolute atomic E-state index is 13.0. The number of para-hydroxylation sites is 1. The third-order valence-corrected chi connectivity index (χ3v) is 8.22. The maximum Gasteiger partial charge on any atom is 0.258 e. The summed E-state index contributed by atoms with van der Waals surface area (Å²) in [5, 5.41) is 0.758. The quantitative estimate of drug-likeness (QED) is 0.637. The maximum atomic E-state index is 13.0. The molecule has 10 heteroatoms. The number of nitrogens with one attached hydrogen (secondary N) is 1. The summed E-state index contributed by atoms with van der Waals surface area (Å²) in [5.74, 6) is 0.559. The molecule has 0 bridgehead atoms. The molecule has 1 atom stereocenters. The zero-order valence-electron chi connectivity index (χ0n) is 16.2. The van der Waals surface area contributed by atoms with Gasteiger partial charge in [0.1, 0.15) is 10.7 Å². The fraction of sp³-hybridized carbons (Fsp3) is 0.300. The van der Waals surface area contributed by atoms with Gasteiger partial charge in [0.15, 0.2) is 0 Å². The van der Waals surface area contributed by atoms with Crippen molar-refractivity contribution in [3.63, 3.8) is 0 Å². The van der Waals surface area contributed by atoms with Gasteiger partial charge in [-0.05, 0) is 31.2 Å². The fourth-order valence-electron chi connectivity index (χ4n) is 3.66. The van der Waals surface area contributed by atoms with Crippen molar-refractivity contribution >= 4 is 44.1 Å². The average molecular weight is 467 g/mol. The molecular formula is C20H20Cl2N4O3S. The number of benzene rings is 2.